The predicted octanol–water partition coefficient (Wildman–Crippen LogP) is 4.01. The number of hydrogen-bond donors (Lipinski definition) is 0. The highest BCUT2D eigenvalue weighted by molar-refractivity contribution is 7.17. The maximum atomic E-state index is 2.24. The van der Waals surface area contributed by atoms with Crippen LogP contribution in [0, 0.1) is 13.8 Å². The molecule has 2 heterocycles. The van der Waals surface area contributed by atoms with Gasteiger partial charge in [0.05, 0.1) is 5.39 Å². The molecule has 3 rings (SSSR count). The summed E-state index contributed by atoms with van der Waals surface area (Å²) in [5.74, 6) is 0. The van der Waals surface area contributed by atoms with Gasteiger partial charge >= 0.3 is 0 Å². The molecule has 0 radical (unpaired) electrons. The number of fused-ring (bicyclic) bond motifs is 1. The van der Waals surface area contributed by atoms with Gasteiger partial charge in [-0.05, 0) is 36.9 Å². The molecule has 0 amide bonds. The summed E-state index contributed by atoms with van der Waals surface area (Å²) in [6.07, 6.45) is 2.22. The number of hydrogen-bond acceptors (Lipinski definition) is 1. The number of benzene rings is 1. The van der Waals surface area contributed by atoms with Gasteiger partial charge in [0, 0.05) is 15.8 Å². The van der Waals surface area contributed by atoms with Gasteiger partial charge in [-0.15, -0.1) is 11.3 Å². The lowest BCUT2D eigenvalue weighted by Crippen LogP contribution is -2.31. The SMILES string of the molecule is Cc1ccccc1-c1c2ccsc2c(C)c[n+]1C. The molecule has 3 aromatic rings. The molecule has 18 heavy (non-hydrogen) atoms. The molecule has 0 spiro atoms. The standard InChI is InChI=1S/C16H16NS/c1-11-6-4-5-7-13(11)15-14-8-9-18-16(14)12(2)10-17(15)3/h4-10H,1-3H3/q+1. The fourth-order valence-electron chi connectivity index (χ4n) is 2.58. The maximum absolute atomic E-state index is 2.24. The lowest BCUT2D eigenvalue weighted by Gasteiger charge is -2.06. The van der Waals surface area contributed by atoms with E-state index >= 15 is 0 Å². The molecule has 0 unspecified atom stereocenters. The molecule has 0 bridgehead atoms. The first-order chi connectivity index (χ1) is 8.68. The molecule has 0 aliphatic rings. The summed E-state index contributed by atoms with van der Waals surface area (Å²) in [7, 11) is 2.13. The van der Waals surface area contributed by atoms with E-state index in [4.69, 9.17) is 0 Å². The smallest absolute Gasteiger partial charge is 0.200 e. The lowest BCUT2D eigenvalue weighted by atomic mass is 10.0. The Hall–Kier alpha value is -1.67. The van der Waals surface area contributed by atoms with Crippen molar-refractivity contribution in [1.29, 1.82) is 0 Å². The minimum absolute atomic E-state index is 1.31. The second kappa shape index (κ2) is 4.21. The van der Waals surface area contributed by atoms with E-state index in [-0.39, 0.29) is 0 Å². The van der Waals surface area contributed by atoms with Crippen LogP contribution < -0.4 is 4.57 Å². The molecule has 0 N–H and O–H groups in total. The maximum Gasteiger partial charge on any atom is 0.221 e. The second-order valence-electron chi connectivity index (χ2n) is 4.75. The Morgan fingerprint density at radius 1 is 1.00 bits per heavy atom. The van der Waals surface area contributed by atoms with Gasteiger partial charge in [-0.25, -0.2) is 4.57 Å². The van der Waals surface area contributed by atoms with Gasteiger partial charge in [-0.2, -0.15) is 0 Å². The molecule has 0 aliphatic heterocycles. The van der Waals surface area contributed by atoms with Gasteiger partial charge in [0.15, 0.2) is 6.20 Å². The van der Waals surface area contributed by atoms with E-state index in [9.17, 15) is 0 Å². The normalized spacial score (nSPS) is 11.1. The van der Waals surface area contributed by atoms with Crippen LogP contribution in [0.3, 0.4) is 0 Å². The molecule has 0 atom stereocenters. The largest absolute Gasteiger partial charge is 0.221 e. The Balaban J connectivity index is 2.43. The first kappa shape index (κ1) is 11.4. The third kappa shape index (κ3) is 1.65. The van der Waals surface area contributed by atoms with Crippen LogP contribution >= 0.6 is 11.3 Å². The van der Waals surface area contributed by atoms with Crippen molar-refractivity contribution in [2.75, 3.05) is 0 Å². The summed E-state index contributed by atoms with van der Waals surface area (Å²) < 4.78 is 3.64. The number of aryl methyl sites for hydroxylation is 3. The Morgan fingerprint density at radius 2 is 1.78 bits per heavy atom. The second-order valence-corrected chi connectivity index (χ2v) is 5.67. The van der Waals surface area contributed by atoms with Crippen molar-refractivity contribution in [2.24, 2.45) is 7.05 Å². The summed E-state index contributed by atoms with van der Waals surface area (Å²) in [6, 6.07) is 10.8. The van der Waals surface area contributed by atoms with Crippen LogP contribution in [0.25, 0.3) is 21.3 Å². The Morgan fingerprint density at radius 3 is 2.56 bits per heavy atom. The number of pyridine rings is 1. The number of aromatic nitrogens is 1. The van der Waals surface area contributed by atoms with E-state index in [0.29, 0.717) is 0 Å². The molecule has 1 aromatic carbocycles. The van der Waals surface area contributed by atoms with Crippen molar-refractivity contribution in [3.8, 4) is 11.3 Å². The summed E-state index contributed by atoms with van der Waals surface area (Å²) in [4.78, 5) is 0. The van der Waals surface area contributed by atoms with Crippen LogP contribution in [0.15, 0.2) is 41.9 Å². The van der Waals surface area contributed by atoms with Gasteiger partial charge in [0.2, 0.25) is 5.69 Å². The van der Waals surface area contributed by atoms with E-state index in [1.54, 1.807) is 0 Å². The molecular formula is C16H16NS+. The summed E-state index contributed by atoms with van der Waals surface area (Å²) in [5, 5.41) is 3.54. The van der Waals surface area contributed by atoms with E-state index in [1.165, 1.54) is 32.5 Å². The van der Waals surface area contributed by atoms with Gasteiger partial charge in [-0.1, -0.05) is 18.2 Å². The van der Waals surface area contributed by atoms with Crippen LogP contribution in [0.1, 0.15) is 11.1 Å². The fraction of sp³-hybridized carbons (Fsp3) is 0.188. The van der Waals surface area contributed by atoms with Gasteiger partial charge < -0.3 is 0 Å². The van der Waals surface area contributed by atoms with Crippen molar-refractivity contribution in [2.45, 2.75) is 13.8 Å². The highest BCUT2D eigenvalue weighted by atomic mass is 32.1. The van der Waals surface area contributed by atoms with E-state index in [0.717, 1.165) is 0 Å². The lowest BCUT2D eigenvalue weighted by molar-refractivity contribution is -0.659. The number of rotatable bonds is 1. The zero-order chi connectivity index (χ0) is 12.7. The molecule has 0 aliphatic carbocycles. The van der Waals surface area contributed by atoms with E-state index in [1.807, 2.05) is 11.3 Å². The van der Waals surface area contributed by atoms with Crippen LogP contribution in [0.5, 0.6) is 0 Å². The Bertz CT molecular complexity index is 725. The van der Waals surface area contributed by atoms with Crippen molar-refractivity contribution in [3.63, 3.8) is 0 Å². The molecule has 1 nitrogen and oxygen atoms in total. The average molecular weight is 254 g/mol. The average Bonchev–Trinajstić information content (AvgIpc) is 2.81. The quantitative estimate of drug-likeness (QED) is 0.578. The van der Waals surface area contributed by atoms with Crippen LogP contribution in [0.2, 0.25) is 0 Å². The van der Waals surface area contributed by atoms with Crippen LogP contribution in [0.4, 0.5) is 0 Å². The van der Waals surface area contributed by atoms with Gasteiger partial charge in [-0.3, -0.25) is 0 Å². The summed E-state index contributed by atoms with van der Waals surface area (Å²) in [6.45, 7) is 4.36. The molecule has 2 heteroatoms. The summed E-state index contributed by atoms with van der Waals surface area (Å²) in [5.41, 5.74) is 5.31. The predicted molar refractivity (Wildman–Crippen MR) is 77.9 cm³/mol. The topological polar surface area (TPSA) is 3.88 Å². The number of nitrogens with zero attached hydrogens (tertiary/aromatic N) is 1. The van der Waals surface area contributed by atoms with Crippen LogP contribution in [-0.4, -0.2) is 0 Å². The highest BCUT2D eigenvalue weighted by Crippen LogP contribution is 2.32. The van der Waals surface area contributed by atoms with Crippen molar-refractivity contribution in [3.05, 3.63) is 53.0 Å². The third-order valence-corrected chi connectivity index (χ3v) is 4.47. The molecule has 0 saturated carbocycles. The highest BCUT2D eigenvalue weighted by Gasteiger charge is 2.18. The van der Waals surface area contributed by atoms with Crippen molar-refractivity contribution >= 4 is 21.4 Å². The third-order valence-electron chi connectivity index (χ3n) is 3.42. The monoisotopic (exact) mass is 254 g/mol. The minimum Gasteiger partial charge on any atom is -0.200 e. The molecule has 0 fully saturated rings. The van der Waals surface area contributed by atoms with Crippen LogP contribution in [-0.2, 0) is 7.05 Å². The fourth-order valence-corrected chi connectivity index (χ4v) is 3.45. The first-order valence-electron chi connectivity index (χ1n) is 6.11. The Labute approximate surface area is 111 Å². The van der Waals surface area contributed by atoms with Gasteiger partial charge in [0.25, 0.3) is 0 Å². The molecule has 0 saturated heterocycles. The number of thiophene rings is 1. The first-order valence-corrected chi connectivity index (χ1v) is 6.99. The van der Waals surface area contributed by atoms with Crippen molar-refractivity contribution < 1.29 is 4.57 Å². The molecule has 90 valence electrons. The zero-order valence-corrected chi connectivity index (χ0v) is 11.7. The van der Waals surface area contributed by atoms with Gasteiger partial charge in [0.1, 0.15) is 7.05 Å². The summed E-state index contributed by atoms with van der Waals surface area (Å²) >= 11 is 1.82. The molecular weight excluding hydrogens is 238 g/mol. The van der Waals surface area contributed by atoms with Crippen molar-refractivity contribution in [1.82, 2.24) is 0 Å². The minimum atomic E-state index is 1.31. The van der Waals surface area contributed by atoms with E-state index < -0.39 is 0 Å². The Kier molecular flexibility index (Phi) is 2.67. The van der Waals surface area contributed by atoms with E-state index in [2.05, 4.69) is 67.4 Å². The molecule has 2 aromatic heterocycles. The zero-order valence-electron chi connectivity index (χ0n) is 10.9.